The summed E-state index contributed by atoms with van der Waals surface area (Å²) >= 11 is 0. The highest BCUT2D eigenvalue weighted by molar-refractivity contribution is 4.79. The normalized spacial score (nSPS) is 23.8. The van der Waals surface area contributed by atoms with Gasteiger partial charge in [0.1, 0.15) is 0 Å². The maximum absolute atomic E-state index is 3.62. The summed E-state index contributed by atoms with van der Waals surface area (Å²) in [6.07, 6.45) is 6.83. The SMILES string of the molecule is CCCC1CCN(CC(CCC)NCC)C1. The van der Waals surface area contributed by atoms with Crippen LogP contribution < -0.4 is 5.32 Å². The Morgan fingerprint density at radius 2 is 2.06 bits per heavy atom. The summed E-state index contributed by atoms with van der Waals surface area (Å²) in [4.78, 5) is 2.67. The number of nitrogens with zero attached hydrogens (tertiary/aromatic N) is 1. The Bertz CT molecular complexity index is 164. The molecule has 0 amide bonds. The van der Waals surface area contributed by atoms with E-state index in [1.54, 1.807) is 0 Å². The van der Waals surface area contributed by atoms with Gasteiger partial charge in [-0.2, -0.15) is 0 Å². The Morgan fingerprint density at radius 1 is 1.25 bits per heavy atom. The largest absolute Gasteiger partial charge is 0.313 e. The van der Waals surface area contributed by atoms with Gasteiger partial charge in [0.15, 0.2) is 0 Å². The van der Waals surface area contributed by atoms with Crippen LogP contribution in [0.15, 0.2) is 0 Å². The molecule has 2 atom stereocenters. The fraction of sp³-hybridized carbons (Fsp3) is 1.00. The second-order valence-electron chi connectivity index (χ2n) is 5.25. The van der Waals surface area contributed by atoms with Crippen molar-refractivity contribution in [2.75, 3.05) is 26.2 Å². The molecule has 1 fully saturated rings. The van der Waals surface area contributed by atoms with E-state index >= 15 is 0 Å². The molecule has 2 heteroatoms. The summed E-state index contributed by atoms with van der Waals surface area (Å²) in [6, 6.07) is 0.718. The summed E-state index contributed by atoms with van der Waals surface area (Å²) in [7, 11) is 0. The van der Waals surface area contributed by atoms with Crippen molar-refractivity contribution in [2.45, 2.75) is 58.9 Å². The van der Waals surface area contributed by atoms with Gasteiger partial charge in [0, 0.05) is 19.1 Å². The van der Waals surface area contributed by atoms with Crippen LogP contribution in [0.4, 0.5) is 0 Å². The molecular formula is C14H30N2. The van der Waals surface area contributed by atoms with E-state index in [1.165, 1.54) is 51.7 Å². The van der Waals surface area contributed by atoms with Crippen LogP contribution in [-0.4, -0.2) is 37.1 Å². The molecule has 2 unspecified atom stereocenters. The number of hydrogen-bond acceptors (Lipinski definition) is 2. The van der Waals surface area contributed by atoms with Gasteiger partial charge >= 0.3 is 0 Å². The Morgan fingerprint density at radius 3 is 2.69 bits per heavy atom. The highest BCUT2D eigenvalue weighted by Crippen LogP contribution is 2.21. The summed E-state index contributed by atoms with van der Waals surface area (Å²) in [6.45, 7) is 11.9. The van der Waals surface area contributed by atoms with E-state index in [0.29, 0.717) is 0 Å². The zero-order valence-corrected chi connectivity index (χ0v) is 11.5. The molecule has 0 aromatic carbocycles. The van der Waals surface area contributed by atoms with Gasteiger partial charge < -0.3 is 10.2 Å². The molecule has 16 heavy (non-hydrogen) atoms. The maximum atomic E-state index is 3.62. The zero-order valence-electron chi connectivity index (χ0n) is 11.5. The van der Waals surface area contributed by atoms with Gasteiger partial charge in [-0.3, -0.25) is 0 Å². The average molecular weight is 226 g/mol. The Kier molecular flexibility index (Phi) is 7.06. The molecule has 96 valence electrons. The molecule has 1 rings (SSSR count). The highest BCUT2D eigenvalue weighted by atomic mass is 15.2. The molecule has 1 saturated heterocycles. The predicted molar refractivity (Wildman–Crippen MR) is 71.8 cm³/mol. The summed E-state index contributed by atoms with van der Waals surface area (Å²) < 4.78 is 0. The van der Waals surface area contributed by atoms with Crippen LogP contribution in [0, 0.1) is 5.92 Å². The standard InChI is InChI=1S/C14H30N2/c1-4-7-13-9-10-16(11-13)12-14(8-5-2)15-6-3/h13-15H,4-12H2,1-3H3. The number of nitrogens with one attached hydrogen (secondary N) is 1. The first-order valence-corrected chi connectivity index (χ1v) is 7.25. The molecule has 0 aliphatic carbocycles. The first kappa shape index (κ1) is 14.0. The van der Waals surface area contributed by atoms with Crippen LogP contribution in [0.3, 0.4) is 0 Å². The van der Waals surface area contributed by atoms with Gasteiger partial charge in [-0.15, -0.1) is 0 Å². The lowest BCUT2D eigenvalue weighted by molar-refractivity contribution is 0.272. The minimum Gasteiger partial charge on any atom is -0.313 e. The fourth-order valence-electron chi connectivity index (χ4n) is 2.93. The van der Waals surface area contributed by atoms with Crippen LogP contribution in [0.2, 0.25) is 0 Å². The Hall–Kier alpha value is -0.0800. The molecular weight excluding hydrogens is 196 g/mol. The average Bonchev–Trinajstić information content (AvgIpc) is 2.67. The Balaban J connectivity index is 2.24. The van der Waals surface area contributed by atoms with Crippen molar-refractivity contribution in [1.29, 1.82) is 0 Å². The highest BCUT2D eigenvalue weighted by Gasteiger charge is 2.23. The lowest BCUT2D eigenvalue weighted by atomic mass is 10.0. The number of hydrogen-bond donors (Lipinski definition) is 1. The first-order valence-electron chi connectivity index (χ1n) is 7.25. The molecule has 1 heterocycles. The summed E-state index contributed by atoms with van der Waals surface area (Å²) in [5, 5.41) is 3.62. The van der Waals surface area contributed by atoms with Crippen LogP contribution in [0.1, 0.15) is 52.9 Å². The van der Waals surface area contributed by atoms with Crippen molar-refractivity contribution in [3.05, 3.63) is 0 Å². The first-order chi connectivity index (χ1) is 7.80. The van der Waals surface area contributed by atoms with Crippen LogP contribution >= 0.6 is 0 Å². The van der Waals surface area contributed by atoms with E-state index in [1.807, 2.05) is 0 Å². The van der Waals surface area contributed by atoms with E-state index in [-0.39, 0.29) is 0 Å². The topological polar surface area (TPSA) is 15.3 Å². The van der Waals surface area contributed by atoms with E-state index in [4.69, 9.17) is 0 Å². The lowest BCUT2D eigenvalue weighted by Gasteiger charge is -2.24. The van der Waals surface area contributed by atoms with Gasteiger partial charge in [0.05, 0.1) is 0 Å². The third-order valence-corrected chi connectivity index (χ3v) is 3.68. The Labute approximate surface area is 102 Å². The summed E-state index contributed by atoms with van der Waals surface area (Å²) in [5.41, 5.74) is 0. The minimum atomic E-state index is 0.718. The molecule has 1 aliphatic rings. The van der Waals surface area contributed by atoms with E-state index in [0.717, 1.165) is 18.5 Å². The van der Waals surface area contributed by atoms with Crippen molar-refractivity contribution >= 4 is 0 Å². The van der Waals surface area contributed by atoms with Gasteiger partial charge in [-0.05, 0) is 38.3 Å². The predicted octanol–water partition coefficient (Wildman–Crippen LogP) is 2.89. The smallest absolute Gasteiger partial charge is 0.0194 e. The van der Waals surface area contributed by atoms with Crippen LogP contribution in [0.25, 0.3) is 0 Å². The molecule has 0 radical (unpaired) electrons. The van der Waals surface area contributed by atoms with E-state index in [9.17, 15) is 0 Å². The molecule has 0 aromatic heterocycles. The minimum absolute atomic E-state index is 0.718. The maximum Gasteiger partial charge on any atom is 0.0194 e. The molecule has 0 bridgehead atoms. The van der Waals surface area contributed by atoms with Crippen molar-refractivity contribution in [3.8, 4) is 0 Å². The molecule has 2 nitrogen and oxygen atoms in total. The van der Waals surface area contributed by atoms with Crippen molar-refractivity contribution in [2.24, 2.45) is 5.92 Å². The van der Waals surface area contributed by atoms with E-state index in [2.05, 4.69) is 31.0 Å². The quantitative estimate of drug-likeness (QED) is 0.684. The third-order valence-electron chi connectivity index (χ3n) is 3.68. The molecule has 0 aromatic rings. The van der Waals surface area contributed by atoms with Gasteiger partial charge in [0.25, 0.3) is 0 Å². The number of likely N-dealkylation sites (N-methyl/N-ethyl adjacent to an activating group) is 1. The zero-order chi connectivity index (χ0) is 11.8. The number of likely N-dealkylation sites (tertiary alicyclic amines) is 1. The molecule has 0 spiro atoms. The molecule has 1 N–H and O–H groups in total. The monoisotopic (exact) mass is 226 g/mol. The number of rotatable bonds is 8. The molecule has 0 saturated carbocycles. The van der Waals surface area contributed by atoms with Gasteiger partial charge in [-0.1, -0.05) is 33.6 Å². The second kappa shape index (κ2) is 8.08. The van der Waals surface area contributed by atoms with Crippen molar-refractivity contribution in [3.63, 3.8) is 0 Å². The lowest BCUT2D eigenvalue weighted by Crippen LogP contribution is -2.40. The van der Waals surface area contributed by atoms with Crippen molar-refractivity contribution in [1.82, 2.24) is 10.2 Å². The van der Waals surface area contributed by atoms with Crippen LogP contribution in [0.5, 0.6) is 0 Å². The third kappa shape index (κ3) is 4.84. The fourth-order valence-corrected chi connectivity index (χ4v) is 2.93. The van der Waals surface area contributed by atoms with Gasteiger partial charge in [-0.25, -0.2) is 0 Å². The van der Waals surface area contributed by atoms with Crippen molar-refractivity contribution < 1.29 is 0 Å². The van der Waals surface area contributed by atoms with Gasteiger partial charge in [0.2, 0.25) is 0 Å². The molecule has 1 aliphatic heterocycles. The van der Waals surface area contributed by atoms with Crippen LogP contribution in [-0.2, 0) is 0 Å². The second-order valence-corrected chi connectivity index (χ2v) is 5.25. The van der Waals surface area contributed by atoms with E-state index < -0.39 is 0 Å². The summed E-state index contributed by atoms with van der Waals surface area (Å²) in [5.74, 6) is 0.980.